The molecule has 0 saturated carbocycles. The van der Waals surface area contributed by atoms with Gasteiger partial charge in [0.25, 0.3) is 0 Å². The van der Waals surface area contributed by atoms with E-state index in [1.54, 1.807) is 38.1 Å². The van der Waals surface area contributed by atoms with Crippen molar-refractivity contribution in [3.05, 3.63) is 48.4 Å². The van der Waals surface area contributed by atoms with E-state index < -0.39 is 6.10 Å². The average molecular weight is 236 g/mol. The van der Waals surface area contributed by atoms with Crippen molar-refractivity contribution in [2.45, 2.75) is 26.1 Å². The molecule has 4 nitrogen and oxygen atoms in total. The summed E-state index contributed by atoms with van der Waals surface area (Å²) in [6.45, 7) is 3.49. The first-order valence-electron chi connectivity index (χ1n) is 5.36. The second-order valence-electron chi connectivity index (χ2n) is 3.60. The smallest absolute Gasteiger partial charge is 0.338 e. The molecule has 1 aromatic carbocycles. The van der Waals surface area contributed by atoms with Crippen LogP contribution in [0.15, 0.2) is 42.9 Å². The van der Waals surface area contributed by atoms with Gasteiger partial charge in [0, 0.05) is 0 Å². The van der Waals surface area contributed by atoms with Crippen molar-refractivity contribution in [2.75, 3.05) is 0 Å². The van der Waals surface area contributed by atoms with Crippen molar-refractivity contribution in [2.24, 2.45) is 0 Å². The standard InChI is InChI=1S/C13H16O4/c1-10(16-9-8-14)11(2)17-13(15)12-6-4-3-5-7-12/h3-11,14H,1-2H3/b9-8-. The Balaban J connectivity index is 2.51. The quantitative estimate of drug-likeness (QED) is 0.630. The molecule has 92 valence electrons. The molecular weight excluding hydrogens is 220 g/mol. The zero-order valence-electron chi connectivity index (χ0n) is 9.87. The van der Waals surface area contributed by atoms with E-state index in [0.29, 0.717) is 5.56 Å². The van der Waals surface area contributed by atoms with Gasteiger partial charge in [-0.3, -0.25) is 0 Å². The number of benzene rings is 1. The van der Waals surface area contributed by atoms with E-state index in [2.05, 4.69) is 0 Å². The van der Waals surface area contributed by atoms with Gasteiger partial charge in [0.05, 0.1) is 5.56 Å². The summed E-state index contributed by atoms with van der Waals surface area (Å²) in [5, 5.41) is 8.44. The SMILES string of the molecule is CC(O/C=C\O)C(C)OC(=O)c1ccccc1. The summed E-state index contributed by atoms with van der Waals surface area (Å²) in [5.41, 5.74) is 0.504. The summed E-state index contributed by atoms with van der Waals surface area (Å²) in [5.74, 6) is -0.387. The number of hydrogen-bond donors (Lipinski definition) is 1. The van der Waals surface area contributed by atoms with Crippen LogP contribution in [0.25, 0.3) is 0 Å². The molecule has 0 bridgehead atoms. The highest BCUT2D eigenvalue weighted by Crippen LogP contribution is 2.08. The van der Waals surface area contributed by atoms with Gasteiger partial charge in [0.2, 0.25) is 0 Å². The van der Waals surface area contributed by atoms with E-state index in [1.165, 1.54) is 0 Å². The number of esters is 1. The van der Waals surface area contributed by atoms with Crippen LogP contribution in [0.5, 0.6) is 0 Å². The van der Waals surface area contributed by atoms with E-state index in [0.717, 1.165) is 12.5 Å². The van der Waals surface area contributed by atoms with Crippen LogP contribution in [0.4, 0.5) is 0 Å². The molecule has 0 saturated heterocycles. The fraction of sp³-hybridized carbons (Fsp3) is 0.308. The second kappa shape index (κ2) is 6.58. The Hall–Kier alpha value is -1.97. The van der Waals surface area contributed by atoms with Gasteiger partial charge < -0.3 is 14.6 Å². The summed E-state index contributed by atoms with van der Waals surface area (Å²) < 4.78 is 10.3. The van der Waals surface area contributed by atoms with Gasteiger partial charge in [-0.1, -0.05) is 18.2 Å². The summed E-state index contributed by atoms with van der Waals surface area (Å²) in [4.78, 5) is 11.7. The number of ether oxygens (including phenoxy) is 2. The highest BCUT2D eigenvalue weighted by molar-refractivity contribution is 5.89. The number of rotatable bonds is 5. The lowest BCUT2D eigenvalue weighted by Crippen LogP contribution is -2.27. The maximum absolute atomic E-state index is 11.7. The molecule has 0 aliphatic carbocycles. The molecule has 4 heteroatoms. The van der Waals surface area contributed by atoms with Crippen LogP contribution in [0.2, 0.25) is 0 Å². The zero-order valence-corrected chi connectivity index (χ0v) is 9.87. The normalized spacial score (nSPS) is 14.2. The maximum atomic E-state index is 11.7. The van der Waals surface area contributed by atoms with Crippen LogP contribution >= 0.6 is 0 Å². The Bertz CT molecular complexity index is 372. The van der Waals surface area contributed by atoms with Crippen LogP contribution in [-0.4, -0.2) is 23.3 Å². The highest BCUT2D eigenvalue weighted by Gasteiger charge is 2.18. The molecule has 17 heavy (non-hydrogen) atoms. The maximum Gasteiger partial charge on any atom is 0.338 e. The predicted molar refractivity (Wildman–Crippen MR) is 63.6 cm³/mol. The Labute approximate surface area is 100 Å². The monoisotopic (exact) mass is 236 g/mol. The van der Waals surface area contributed by atoms with Gasteiger partial charge in [-0.25, -0.2) is 4.79 Å². The average Bonchev–Trinajstić information content (AvgIpc) is 2.36. The highest BCUT2D eigenvalue weighted by atomic mass is 16.6. The largest absolute Gasteiger partial charge is 0.512 e. The van der Waals surface area contributed by atoms with Crippen molar-refractivity contribution in [3.8, 4) is 0 Å². The van der Waals surface area contributed by atoms with Gasteiger partial charge in [-0.2, -0.15) is 0 Å². The predicted octanol–water partition coefficient (Wildman–Crippen LogP) is 2.67. The lowest BCUT2D eigenvalue weighted by molar-refractivity contribution is -0.0102. The fourth-order valence-electron chi connectivity index (χ4n) is 1.18. The van der Waals surface area contributed by atoms with Crippen molar-refractivity contribution >= 4 is 5.97 Å². The number of carbonyl (C=O) groups excluding carboxylic acids is 1. The first-order chi connectivity index (χ1) is 8.15. The molecule has 0 aliphatic rings. The Kier molecular flexibility index (Phi) is 5.07. The van der Waals surface area contributed by atoms with E-state index >= 15 is 0 Å². The van der Waals surface area contributed by atoms with Gasteiger partial charge in [-0.15, -0.1) is 0 Å². The van der Waals surface area contributed by atoms with Gasteiger partial charge in [0.15, 0.2) is 0 Å². The van der Waals surface area contributed by atoms with Crippen LogP contribution < -0.4 is 0 Å². The minimum Gasteiger partial charge on any atom is -0.512 e. The molecule has 0 aliphatic heterocycles. The van der Waals surface area contributed by atoms with Crippen LogP contribution in [0.3, 0.4) is 0 Å². The molecule has 0 radical (unpaired) electrons. The van der Waals surface area contributed by atoms with Crippen molar-refractivity contribution in [1.29, 1.82) is 0 Å². The summed E-state index contributed by atoms with van der Waals surface area (Å²) >= 11 is 0. The van der Waals surface area contributed by atoms with Gasteiger partial charge >= 0.3 is 5.97 Å². The Morgan fingerprint density at radius 2 is 1.88 bits per heavy atom. The fourth-order valence-corrected chi connectivity index (χ4v) is 1.18. The molecule has 2 unspecified atom stereocenters. The number of aliphatic hydroxyl groups is 1. The van der Waals surface area contributed by atoms with Gasteiger partial charge in [0.1, 0.15) is 24.7 Å². The summed E-state index contributed by atoms with van der Waals surface area (Å²) in [7, 11) is 0. The third-order valence-corrected chi connectivity index (χ3v) is 2.32. The molecule has 1 N–H and O–H groups in total. The van der Waals surface area contributed by atoms with E-state index in [-0.39, 0.29) is 12.1 Å². The first-order valence-corrected chi connectivity index (χ1v) is 5.36. The van der Waals surface area contributed by atoms with Crippen molar-refractivity contribution in [3.63, 3.8) is 0 Å². The van der Waals surface area contributed by atoms with E-state index in [1.807, 2.05) is 6.07 Å². The Morgan fingerprint density at radius 3 is 2.47 bits per heavy atom. The summed E-state index contributed by atoms with van der Waals surface area (Å²) in [6, 6.07) is 8.76. The zero-order chi connectivity index (χ0) is 12.7. The molecule has 0 fully saturated rings. The topological polar surface area (TPSA) is 55.8 Å². The lowest BCUT2D eigenvalue weighted by Gasteiger charge is -2.19. The minimum absolute atomic E-state index is 0.328. The minimum atomic E-state index is -0.404. The molecule has 1 rings (SSSR count). The molecular formula is C13H16O4. The molecule has 0 amide bonds. The number of aliphatic hydroxyl groups excluding tert-OH is 1. The van der Waals surface area contributed by atoms with E-state index in [4.69, 9.17) is 14.6 Å². The number of carbonyl (C=O) groups is 1. The van der Waals surface area contributed by atoms with Crippen LogP contribution in [0.1, 0.15) is 24.2 Å². The van der Waals surface area contributed by atoms with Gasteiger partial charge in [-0.05, 0) is 26.0 Å². The van der Waals surface area contributed by atoms with Crippen LogP contribution in [0, 0.1) is 0 Å². The molecule has 0 spiro atoms. The van der Waals surface area contributed by atoms with Crippen molar-refractivity contribution < 1.29 is 19.4 Å². The second-order valence-corrected chi connectivity index (χ2v) is 3.60. The molecule has 0 heterocycles. The number of hydrogen-bond acceptors (Lipinski definition) is 4. The summed E-state index contributed by atoms with van der Waals surface area (Å²) in [6.07, 6.45) is 1.21. The van der Waals surface area contributed by atoms with E-state index in [9.17, 15) is 4.79 Å². The van der Waals surface area contributed by atoms with Crippen LogP contribution in [-0.2, 0) is 9.47 Å². The molecule has 0 aromatic heterocycles. The third-order valence-electron chi connectivity index (χ3n) is 2.32. The lowest BCUT2D eigenvalue weighted by atomic mass is 10.2. The molecule has 1 aromatic rings. The first kappa shape index (κ1) is 13.1. The van der Waals surface area contributed by atoms with Crippen molar-refractivity contribution in [1.82, 2.24) is 0 Å². The molecule has 2 atom stereocenters. The third kappa shape index (κ3) is 4.18. The Morgan fingerprint density at radius 1 is 1.24 bits per heavy atom.